The molecule has 2 saturated heterocycles. The van der Waals surface area contributed by atoms with Crippen LogP contribution in [0.1, 0.15) is 0 Å². The van der Waals surface area contributed by atoms with Crippen LogP contribution in [0.25, 0.3) is 0 Å². The van der Waals surface area contributed by atoms with Gasteiger partial charge in [0.25, 0.3) is 0 Å². The largest absolute Gasteiger partial charge is 0.378 e. The van der Waals surface area contributed by atoms with Crippen LogP contribution in [0.5, 0.6) is 0 Å². The Hall–Kier alpha value is -1.23. The van der Waals surface area contributed by atoms with E-state index in [9.17, 15) is 8.42 Å². The van der Waals surface area contributed by atoms with Crippen LogP contribution in [0.15, 0.2) is 0 Å². The second-order valence-corrected chi connectivity index (χ2v) is 7.77. The van der Waals surface area contributed by atoms with Gasteiger partial charge >= 0.3 is 0 Å². The Morgan fingerprint density at radius 2 is 1.43 bits per heavy atom. The number of ether oxygens (including phenoxy) is 1. The van der Waals surface area contributed by atoms with Gasteiger partial charge in [-0.25, -0.2) is 8.42 Å². The van der Waals surface area contributed by atoms with Gasteiger partial charge in [0.15, 0.2) is 0 Å². The Kier molecular flexibility index (Phi) is 4.85. The van der Waals surface area contributed by atoms with Gasteiger partial charge in [-0.3, -0.25) is 0 Å². The lowest BCUT2D eigenvalue weighted by molar-refractivity contribution is 0.122. The molecule has 1 aromatic rings. The molecule has 2 aliphatic heterocycles. The predicted octanol–water partition coefficient (Wildman–Crippen LogP) is -0.557. The fourth-order valence-corrected chi connectivity index (χ4v) is 3.57. The summed E-state index contributed by atoms with van der Waals surface area (Å²) in [6.45, 7) is 4.55. The highest BCUT2D eigenvalue weighted by Crippen LogP contribution is 2.19. The summed E-state index contributed by atoms with van der Waals surface area (Å²) in [7, 11) is -3.16. The van der Waals surface area contributed by atoms with Gasteiger partial charge in [0, 0.05) is 39.3 Å². The number of sulfonamides is 1. The van der Waals surface area contributed by atoms with Gasteiger partial charge in [-0.2, -0.15) is 19.3 Å². The summed E-state index contributed by atoms with van der Waals surface area (Å²) in [5, 5.41) is 0.141. The number of rotatable bonds is 3. The highest BCUT2D eigenvalue weighted by Gasteiger charge is 2.26. The quantitative estimate of drug-likeness (QED) is 0.707. The van der Waals surface area contributed by atoms with Gasteiger partial charge in [-0.15, -0.1) is 0 Å². The molecule has 0 unspecified atom stereocenters. The Labute approximate surface area is 140 Å². The smallest absolute Gasteiger partial charge is 0.231 e. The molecule has 0 bridgehead atoms. The summed E-state index contributed by atoms with van der Waals surface area (Å²) in [5.74, 6) is 1.02. The predicted molar refractivity (Wildman–Crippen MR) is 86.5 cm³/mol. The zero-order valence-corrected chi connectivity index (χ0v) is 14.4. The lowest BCUT2D eigenvalue weighted by Gasteiger charge is -2.33. The summed E-state index contributed by atoms with van der Waals surface area (Å²) >= 11 is 6.04. The van der Waals surface area contributed by atoms with Crippen LogP contribution in [0.2, 0.25) is 5.28 Å². The summed E-state index contributed by atoms with van der Waals surface area (Å²) in [5.41, 5.74) is 0. The summed E-state index contributed by atoms with van der Waals surface area (Å²) in [6.07, 6.45) is 1.22. The lowest BCUT2D eigenvalue weighted by Crippen LogP contribution is -2.49. The lowest BCUT2D eigenvalue weighted by atomic mass is 10.4. The van der Waals surface area contributed by atoms with Crippen molar-refractivity contribution in [2.75, 3.05) is 68.5 Å². The van der Waals surface area contributed by atoms with Crippen LogP contribution in [-0.2, 0) is 14.8 Å². The zero-order chi connectivity index (χ0) is 16.4. The molecule has 2 fully saturated rings. The summed E-state index contributed by atoms with van der Waals surface area (Å²) in [6, 6.07) is 0. The molecule has 11 heteroatoms. The van der Waals surface area contributed by atoms with Crippen molar-refractivity contribution in [1.29, 1.82) is 0 Å². The average molecular weight is 363 g/mol. The average Bonchev–Trinajstić information content (AvgIpc) is 2.54. The number of aromatic nitrogens is 3. The van der Waals surface area contributed by atoms with Crippen molar-refractivity contribution in [3.05, 3.63) is 5.28 Å². The zero-order valence-electron chi connectivity index (χ0n) is 12.9. The number of piperazine rings is 1. The number of hydrogen-bond acceptors (Lipinski definition) is 8. The number of hydrogen-bond donors (Lipinski definition) is 0. The van der Waals surface area contributed by atoms with Gasteiger partial charge in [0.2, 0.25) is 27.2 Å². The fourth-order valence-electron chi connectivity index (χ4n) is 2.60. The Balaban J connectivity index is 1.74. The van der Waals surface area contributed by atoms with Gasteiger partial charge < -0.3 is 14.5 Å². The maximum atomic E-state index is 11.6. The molecule has 0 radical (unpaired) electrons. The first-order valence-electron chi connectivity index (χ1n) is 7.38. The first kappa shape index (κ1) is 16.6. The standard InChI is InChI=1S/C12H19ClN6O3S/c1-23(20,21)19-4-2-17(3-5-19)11-14-10(13)15-12(16-11)18-6-8-22-9-7-18/h2-9H2,1H3. The Morgan fingerprint density at radius 1 is 0.913 bits per heavy atom. The van der Waals surface area contributed by atoms with E-state index in [0.717, 1.165) is 0 Å². The Morgan fingerprint density at radius 3 is 1.96 bits per heavy atom. The molecule has 0 saturated carbocycles. The van der Waals surface area contributed by atoms with E-state index in [4.69, 9.17) is 16.3 Å². The first-order valence-corrected chi connectivity index (χ1v) is 9.60. The van der Waals surface area contributed by atoms with Crippen molar-refractivity contribution >= 4 is 33.5 Å². The minimum Gasteiger partial charge on any atom is -0.378 e. The van der Waals surface area contributed by atoms with Gasteiger partial charge in [0.05, 0.1) is 19.5 Å². The van der Waals surface area contributed by atoms with Crippen LogP contribution >= 0.6 is 11.6 Å². The molecule has 1 aromatic heterocycles. The van der Waals surface area contributed by atoms with E-state index in [0.29, 0.717) is 64.4 Å². The van der Waals surface area contributed by atoms with Gasteiger partial charge in [-0.05, 0) is 11.6 Å². The van der Waals surface area contributed by atoms with Crippen LogP contribution < -0.4 is 9.80 Å². The summed E-state index contributed by atoms with van der Waals surface area (Å²) in [4.78, 5) is 16.8. The van der Waals surface area contributed by atoms with Crippen molar-refractivity contribution in [1.82, 2.24) is 19.3 Å². The van der Waals surface area contributed by atoms with Crippen LogP contribution in [0.3, 0.4) is 0 Å². The molecule has 128 valence electrons. The summed E-state index contributed by atoms with van der Waals surface area (Å²) < 4.78 is 29.9. The van der Waals surface area contributed by atoms with Crippen molar-refractivity contribution in [3.8, 4) is 0 Å². The number of anilines is 2. The SMILES string of the molecule is CS(=O)(=O)N1CCN(c2nc(Cl)nc(N3CCOCC3)n2)CC1. The molecule has 3 rings (SSSR count). The third-order valence-corrected chi connectivity index (χ3v) is 5.34. The van der Waals surface area contributed by atoms with E-state index in [-0.39, 0.29) is 5.28 Å². The van der Waals surface area contributed by atoms with Gasteiger partial charge in [0.1, 0.15) is 0 Å². The van der Waals surface area contributed by atoms with E-state index in [1.165, 1.54) is 10.6 Å². The normalized spacial score (nSPS) is 20.8. The van der Waals surface area contributed by atoms with E-state index >= 15 is 0 Å². The maximum absolute atomic E-state index is 11.6. The number of nitrogens with zero attached hydrogens (tertiary/aromatic N) is 6. The van der Waals surface area contributed by atoms with Crippen LogP contribution in [-0.4, -0.2) is 86.4 Å². The molecule has 0 aliphatic carbocycles. The molecular formula is C12H19ClN6O3S. The molecule has 2 aliphatic rings. The van der Waals surface area contributed by atoms with Crippen LogP contribution in [0.4, 0.5) is 11.9 Å². The monoisotopic (exact) mass is 362 g/mol. The third-order valence-electron chi connectivity index (χ3n) is 3.87. The van der Waals surface area contributed by atoms with E-state index in [2.05, 4.69) is 15.0 Å². The highest BCUT2D eigenvalue weighted by atomic mass is 35.5. The second-order valence-electron chi connectivity index (χ2n) is 5.45. The minimum absolute atomic E-state index is 0.141. The minimum atomic E-state index is -3.16. The molecule has 0 aromatic carbocycles. The topological polar surface area (TPSA) is 91.8 Å². The van der Waals surface area contributed by atoms with Crippen LogP contribution in [0, 0.1) is 0 Å². The van der Waals surface area contributed by atoms with Crippen molar-refractivity contribution in [2.45, 2.75) is 0 Å². The van der Waals surface area contributed by atoms with E-state index in [1.807, 2.05) is 9.80 Å². The van der Waals surface area contributed by atoms with Crippen molar-refractivity contribution < 1.29 is 13.2 Å². The van der Waals surface area contributed by atoms with Crippen molar-refractivity contribution in [3.63, 3.8) is 0 Å². The molecule has 0 amide bonds. The number of morpholine rings is 1. The van der Waals surface area contributed by atoms with Gasteiger partial charge in [-0.1, -0.05) is 0 Å². The van der Waals surface area contributed by atoms with E-state index < -0.39 is 10.0 Å². The maximum Gasteiger partial charge on any atom is 0.231 e. The Bertz CT molecular complexity index is 659. The molecular weight excluding hydrogens is 344 g/mol. The van der Waals surface area contributed by atoms with Crippen molar-refractivity contribution in [2.24, 2.45) is 0 Å². The number of halogens is 1. The molecule has 0 N–H and O–H groups in total. The third kappa shape index (κ3) is 4.00. The fraction of sp³-hybridized carbons (Fsp3) is 0.750. The molecule has 9 nitrogen and oxygen atoms in total. The second kappa shape index (κ2) is 6.71. The first-order chi connectivity index (χ1) is 10.9. The molecule has 0 atom stereocenters. The molecule has 0 spiro atoms. The molecule has 3 heterocycles. The highest BCUT2D eigenvalue weighted by molar-refractivity contribution is 7.88. The van der Waals surface area contributed by atoms with E-state index in [1.54, 1.807) is 0 Å². The molecule has 23 heavy (non-hydrogen) atoms.